The van der Waals surface area contributed by atoms with E-state index in [-0.39, 0.29) is 11.7 Å². The van der Waals surface area contributed by atoms with Gasteiger partial charge in [-0.05, 0) is 42.8 Å². The van der Waals surface area contributed by atoms with Crippen molar-refractivity contribution in [3.63, 3.8) is 0 Å². The van der Waals surface area contributed by atoms with Gasteiger partial charge >= 0.3 is 6.36 Å². The SMILES string of the molecule is C[C@@H](C(=O)Nc1ccc(OC(F)(F)F)cc1)N1Cc2ccccc2C1=O. The van der Waals surface area contributed by atoms with Gasteiger partial charge in [0.2, 0.25) is 5.91 Å². The third-order valence-electron chi connectivity index (χ3n) is 4.05. The molecule has 0 spiro atoms. The Hall–Kier alpha value is -3.03. The number of nitrogens with zero attached hydrogens (tertiary/aromatic N) is 1. The first-order valence-corrected chi connectivity index (χ1v) is 7.80. The van der Waals surface area contributed by atoms with Gasteiger partial charge in [-0.15, -0.1) is 13.2 Å². The molecule has 1 heterocycles. The third kappa shape index (κ3) is 3.79. The van der Waals surface area contributed by atoms with E-state index >= 15 is 0 Å². The van der Waals surface area contributed by atoms with Gasteiger partial charge in [0.05, 0.1) is 0 Å². The summed E-state index contributed by atoms with van der Waals surface area (Å²) in [4.78, 5) is 26.2. The van der Waals surface area contributed by atoms with Crippen molar-refractivity contribution in [2.75, 3.05) is 5.32 Å². The second-order valence-electron chi connectivity index (χ2n) is 5.83. The summed E-state index contributed by atoms with van der Waals surface area (Å²) in [5.41, 5.74) is 1.73. The van der Waals surface area contributed by atoms with Crippen LogP contribution < -0.4 is 10.1 Å². The molecule has 1 N–H and O–H groups in total. The molecule has 3 rings (SSSR count). The highest BCUT2D eigenvalue weighted by Gasteiger charge is 2.34. The van der Waals surface area contributed by atoms with Crippen LogP contribution in [0.1, 0.15) is 22.8 Å². The predicted molar refractivity (Wildman–Crippen MR) is 87.5 cm³/mol. The Morgan fingerprint density at radius 2 is 1.81 bits per heavy atom. The number of amides is 2. The minimum atomic E-state index is -4.77. The van der Waals surface area contributed by atoms with Crippen molar-refractivity contribution < 1.29 is 27.5 Å². The van der Waals surface area contributed by atoms with Gasteiger partial charge in [0, 0.05) is 17.8 Å². The predicted octanol–water partition coefficient (Wildman–Crippen LogP) is 3.57. The second-order valence-corrected chi connectivity index (χ2v) is 5.83. The largest absolute Gasteiger partial charge is 0.573 e. The fourth-order valence-corrected chi connectivity index (χ4v) is 2.72. The molecule has 8 heteroatoms. The molecule has 0 radical (unpaired) electrons. The molecule has 26 heavy (non-hydrogen) atoms. The highest BCUT2D eigenvalue weighted by atomic mass is 19.4. The zero-order chi connectivity index (χ0) is 18.9. The van der Waals surface area contributed by atoms with Gasteiger partial charge < -0.3 is 15.0 Å². The number of ether oxygens (including phenoxy) is 1. The Balaban J connectivity index is 1.64. The summed E-state index contributed by atoms with van der Waals surface area (Å²) in [5, 5.41) is 2.59. The van der Waals surface area contributed by atoms with Crippen LogP contribution in [0.4, 0.5) is 18.9 Å². The van der Waals surface area contributed by atoms with Gasteiger partial charge in [-0.2, -0.15) is 0 Å². The van der Waals surface area contributed by atoms with Gasteiger partial charge in [0.1, 0.15) is 11.8 Å². The number of nitrogens with one attached hydrogen (secondary N) is 1. The summed E-state index contributed by atoms with van der Waals surface area (Å²) in [6.07, 6.45) is -4.77. The molecule has 2 aromatic carbocycles. The molecule has 2 aromatic rings. The van der Waals surface area contributed by atoms with Crippen LogP contribution in [0, 0.1) is 0 Å². The molecule has 2 amide bonds. The van der Waals surface area contributed by atoms with Crippen LogP contribution in [0.2, 0.25) is 0 Å². The minimum absolute atomic E-state index is 0.225. The number of benzene rings is 2. The van der Waals surface area contributed by atoms with E-state index in [2.05, 4.69) is 10.1 Å². The van der Waals surface area contributed by atoms with Crippen LogP contribution in [-0.4, -0.2) is 29.1 Å². The van der Waals surface area contributed by atoms with Crippen LogP contribution in [-0.2, 0) is 11.3 Å². The lowest BCUT2D eigenvalue weighted by Gasteiger charge is -2.23. The number of carbonyl (C=O) groups is 2. The Morgan fingerprint density at radius 1 is 1.15 bits per heavy atom. The summed E-state index contributed by atoms with van der Waals surface area (Å²) in [7, 11) is 0. The zero-order valence-corrected chi connectivity index (χ0v) is 13.7. The first kappa shape index (κ1) is 17.8. The summed E-state index contributed by atoms with van der Waals surface area (Å²) in [6, 6.07) is 11.2. The van der Waals surface area contributed by atoms with Gasteiger partial charge in [0.15, 0.2) is 0 Å². The highest BCUT2D eigenvalue weighted by Crippen LogP contribution is 2.26. The maximum atomic E-state index is 12.4. The van der Waals surface area contributed by atoms with Gasteiger partial charge in [-0.1, -0.05) is 18.2 Å². The molecule has 0 bridgehead atoms. The molecule has 1 aliphatic heterocycles. The number of alkyl halides is 3. The monoisotopic (exact) mass is 364 g/mol. The Labute approximate surface area is 147 Å². The molecule has 0 fully saturated rings. The normalized spacial score (nSPS) is 14.8. The fraction of sp³-hybridized carbons (Fsp3) is 0.222. The number of carbonyl (C=O) groups excluding carboxylic acids is 2. The van der Waals surface area contributed by atoms with Crippen molar-refractivity contribution in [1.29, 1.82) is 0 Å². The number of hydrogen-bond donors (Lipinski definition) is 1. The lowest BCUT2D eigenvalue weighted by Crippen LogP contribution is -2.42. The maximum absolute atomic E-state index is 12.4. The average Bonchev–Trinajstić information content (AvgIpc) is 2.92. The van der Waals surface area contributed by atoms with Crippen LogP contribution in [0.5, 0.6) is 5.75 Å². The molecule has 0 saturated heterocycles. The van der Waals surface area contributed by atoms with E-state index in [0.29, 0.717) is 17.8 Å². The molecule has 136 valence electrons. The number of anilines is 1. The van der Waals surface area contributed by atoms with Crippen LogP contribution in [0.25, 0.3) is 0 Å². The molecule has 0 aliphatic carbocycles. The van der Waals surface area contributed by atoms with E-state index in [1.165, 1.54) is 17.0 Å². The number of hydrogen-bond acceptors (Lipinski definition) is 3. The van der Waals surface area contributed by atoms with E-state index in [1.807, 2.05) is 12.1 Å². The molecular formula is C18H15F3N2O3. The van der Waals surface area contributed by atoms with E-state index in [9.17, 15) is 22.8 Å². The molecule has 0 aromatic heterocycles. The van der Waals surface area contributed by atoms with Crippen molar-refractivity contribution in [2.45, 2.75) is 25.9 Å². The number of halogens is 3. The standard InChI is InChI=1S/C18H15F3N2O3/c1-11(23-10-12-4-2-3-5-15(12)17(23)25)16(24)22-13-6-8-14(9-7-13)26-18(19,20)21/h2-9,11H,10H2,1H3,(H,22,24)/t11-/m0/s1. The number of fused-ring (bicyclic) bond motifs is 1. The van der Waals surface area contributed by atoms with Gasteiger partial charge in [-0.25, -0.2) is 0 Å². The maximum Gasteiger partial charge on any atom is 0.573 e. The topological polar surface area (TPSA) is 58.6 Å². The highest BCUT2D eigenvalue weighted by molar-refractivity contribution is 6.03. The first-order valence-electron chi connectivity index (χ1n) is 7.80. The molecule has 0 unspecified atom stereocenters. The smallest absolute Gasteiger partial charge is 0.406 e. The molecule has 1 aliphatic rings. The van der Waals surface area contributed by atoms with Crippen LogP contribution in [0.3, 0.4) is 0 Å². The summed E-state index contributed by atoms with van der Waals surface area (Å²) in [5.74, 6) is -1.04. The van der Waals surface area contributed by atoms with Crippen molar-refractivity contribution in [3.05, 3.63) is 59.7 Å². The molecule has 1 atom stereocenters. The second kappa shape index (κ2) is 6.70. The Bertz CT molecular complexity index is 834. The van der Waals surface area contributed by atoms with E-state index in [1.54, 1.807) is 19.1 Å². The molecule has 0 saturated carbocycles. The van der Waals surface area contributed by atoms with Crippen molar-refractivity contribution >= 4 is 17.5 Å². The number of rotatable bonds is 4. The molecule has 5 nitrogen and oxygen atoms in total. The first-order chi connectivity index (χ1) is 12.2. The van der Waals surface area contributed by atoms with E-state index in [0.717, 1.165) is 17.7 Å². The van der Waals surface area contributed by atoms with Crippen LogP contribution >= 0.6 is 0 Å². The minimum Gasteiger partial charge on any atom is -0.406 e. The summed E-state index contributed by atoms with van der Waals surface area (Å²) < 4.78 is 40.2. The van der Waals surface area contributed by atoms with Crippen molar-refractivity contribution in [2.24, 2.45) is 0 Å². The molecular weight excluding hydrogens is 349 g/mol. The summed E-state index contributed by atoms with van der Waals surface area (Å²) in [6.45, 7) is 1.93. The van der Waals surface area contributed by atoms with Gasteiger partial charge in [-0.3, -0.25) is 9.59 Å². The quantitative estimate of drug-likeness (QED) is 0.902. The van der Waals surface area contributed by atoms with Crippen molar-refractivity contribution in [1.82, 2.24) is 4.90 Å². The lowest BCUT2D eigenvalue weighted by molar-refractivity contribution is -0.274. The lowest BCUT2D eigenvalue weighted by atomic mass is 10.1. The van der Waals surface area contributed by atoms with E-state index < -0.39 is 18.3 Å². The fourth-order valence-electron chi connectivity index (χ4n) is 2.72. The van der Waals surface area contributed by atoms with Gasteiger partial charge in [0.25, 0.3) is 5.91 Å². The van der Waals surface area contributed by atoms with E-state index in [4.69, 9.17) is 0 Å². The Kier molecular flexibility index (Phi) is 4.58. The average molecular weight is 364 g/mol. The Morgan fingerprint density at radius 3 is 2.42 bits per heavy atom. The van der Waals surface area contributed by atoms with Crippen LogP contribution in [0.15, 0.2) is 48.5 Å². The third-order valence-corrected chi connectivity index (χ3v) is 4.05. The summed E-state index contributed by atoms with van der Waals surface area (Å²) >= 11 is 0. The van der Waals surface area contributed by atoms with Crippen molar-refractivity contribution in [3.8, 4) is 5.75 Å². The zero-order valence-electron chi connectivity index (χ0n) is 13.7.